The Balaban J connectivity index is 1.30. The van der Waals surface area contributed by atoms with Crippen LogP contribution in [0.1, 0.15) is 25.1 Å². The van der Waals surface area contributed by atoms with E-state index in [0.29, 0.717) is 11.8 Å². The van der Waals surface area contributed by atoms with Crippen molar-refractivity contribution in [1.29, 1.82) is 0 Å². The van der Waals surface area contributed by atoms with Crippen LogP contribution in [0.5, 0.6) is 0 Å². The minimum absolute atomic E-state index is 0.115. The first-order valence-electron chi connectivity index (χ1n) is 11.7. The number of nitrogens with zero attached hydrogens (tertiary/aromatic N) is 3. The second-order valence-electron chi connectivity index (χ2n) is 9.06. The molecule has 34 heavy (non-hydrogen) atoms. The van der Waals surface area contributed by atoms with Gasteiger partial charge in [0.1, 0.15) is 0 Å². The molecule has 3 heterocycles. The molecule has 1 aliphatic rings. The molecule has 0 aliphatic carbocycles. The predicted octanol–water partition coefficient (Wildman–Crippen LogP) is 5.94. The number of benzene rings is 2. The van der Waals surface area contributed by atoms with Gasteiger partial charge in [-0.05, 0) is 49.9 Å². The number of likely N-dealkylation sites (N-methyl/N-ethyl adjacent to an activating group) is 1. The number of thiophene rings is 1. The number of likely N-dealkylation sites (tertiary alicyclic amines) is 1. The van der Waals surface area contributed by atoms with Crippen LogP contribution in [-0.2, 0) is 11.3 Å². The molecule has 5 nitrogen and oxygen atoms in total. The van der Waals surface area contributed by atoms with Crippen molar-refractivity contribution in [3.8, 4) is 0 Å². The van der Waals surface area contributed by atoms with E-state index in [-0.39, 0.29) is 11.9 Å². The third kappa shape index (κ3) is 4.92. The highest BCUT2D eigenvalue weighted by molar-refractivity contribution is 7.99. The fraction of sp³-hybridized carbons (Fsp3) is 0.333. The van der Waals surface area contributed by atoms with E-state index in [1.807, 2.05) is 30.1 Å². The first kappa shape index (κ1) is 23.1. The van der Waals surface area contributed by atoms with Gasteiger partial charge in [0.15, 0.2) is 5.16 Å². The minimum Gasteiger partial charge on any atom is -0.339 e. The van der Waals surface area contributed by atoms with Gasteiger partial charge in [0, 0.05) is 35.0 Å². The van der Waals surface area contributed by atoms with Crippen molar-refractivity contribution in [3.05, 3.63) is 71.1 Å². The third-order valence-electron chi connectivity index (χ3n) is 6.49. The second kappa shape index (κ2) is 9.94. The topological polar surface area (TPSA) is 52.2 Å². The van der Waals surface area contributed by atoms with Gasteiger partial charge in [-0.1, -0.05) is 53.7 Å². The molecule has 1 amide bonds. The molecule has 1 aliphatic heterocycles. The van der Waals surface area contributed by atoms with E-state index < -0.39 is 0 Å². The lowest BCUT2D eigenvalue weighted by atomic mass is 10.1. The number of hydrogen-bond acceptors (Lipinski definition) is 5. The summed E-state index contributed by atoms with van der Waals surface area (Å²) < 4.78 is 1.27. The van der Waals surface area contributed by atoms with Gasteiger partial charge in [0.25, 0.3) is 0 Å². The number of para-hydroxylation sites is 2. The van der Waals surface area contributed by atoms with Gasteiger partial charge >= 0.3 is 0 Å². The number of amides is 1. The van der Waals surface area contributed by atoms with Crippen LogP contribution in [-0.4, -0.2) is 57.1 Å². The largest absolute Gasteiger partial charge is 0.339 e. The summed E-state index contributed by atoms with van der Waals surface area (Å²) >= 11 is 3.53. The fourth-order valence-electron chi connectivity index (χ4n) is 4.61. The van der Waals surface area contributed by atoms with Crippen molar-refractivity contribution in [2.45, 2.75) is 43.3 Å². The molecule has 0 saturated carbocycles. The zero-order chi connectivity index (χ0) is 23.7. The van der Waals surface area contributed by atoms with Crippen LogP contribution in [0.3, 0.4) is 0 Å². The van der Waals surface area contributed by atoms with Gasteiger partial charge in [0.05, 0.1) is 23.6 Å². The molecule has 7 heteroatoms. The number of H-pyrrole nitrogens is 1. The zero-order valence-corrected chi connectivity index (χ0v) is 21.5. The Labute approximate surface area is 208 Å². The smallest absolute Gasteiger partial charge is 0.240 e. The summed E-state index contributed by atoms with van der Waals surface area (Å²) in [5.74, 6) is 0.203. The molecule has 0 spiro atoms. The maximum absolute atomic E-state index is 13.6. The molecule has 2 aromatic carbocycles. The molecule has 2 atom stereocenters. The lowest BCUT2D eigenvalue weighted by Gasteiger charge is -2.27. The van der Waals surface area contributed by atoms with Gasteiger partial charge in [-0.2, -0.15) is 0 Å². The lowest BCUT2D eigenvalue weighted by Crippen LogP contribution is -2.44. The number of allylic oxidation sites excluding steroid dienone is 1. The monoisotopic (exact) mass is 490 g/mol. The number of rotatable bonds is 7. The highest BCUT2D eigenvalue weighted by Gasteiger charge is 2.39. The van der Waals surface area contributed by atoms with Gasteiger partial charge in [-0.25, -0.2) is 4.98 Å². The van der Waals surface area contributed by atoms with Crippen molar-refractivity contribution >= 4 is 50.1 Å². The van der Waals surface area contributed by atoms with Crippen molar-refractivity contribution in [3.63, 3.8) is 0 Å². The number of fused-ring (bicyclic) bond motifs is 2. The van der Waals surface area contributed by atoms with E-state index in [2.05, 4.69) is 66.2 Å². The lowest BCUT2D eigenvalue weighted by molar-refractivity contribution is -0.135. The highest BCUT2D eigenvalue weighted by atomic mass is 32.2. The Kier molecular flexibility index (Phi) is 6.77. The normalized spacial score (nSPS) is 19.3. The molecule has 0 unspecified atom stereocenters. The fourth-order valence-corrected chi connectivity index (χ4v) is 6.91. The zero-order valence-electron chi connectivity index (χ0n) is 19.8. The molecule has 5 rings (SSSR count). The Bertz CT molecular complexity index is 1270. The molecule has 1 saturated heterocycles. The predicted molar refractivity (Wildman–Crippen MR) is 143 cm³/mol. The Hall–Kier alpha value is -2.61. The maximum Gasteiger partial charge on any atom is 0.240 e. The van der Waals surface area contributed by atoms with Crippen LogP contribution in [0.2, 0.25) is 0 Å². The van der Waals surface area contributed by atoms with Crippen LogP contribution in [0.15, 0.2) is 71.4 Å². The number of nitrogens with one attached hydrogen (secondary N) is 1. The van der Waals surface area contributed by atoms with Gasteiger partial charge < -0.3 is 9.88 Å². The summed E-state index contributed by atoms with van der Waals surface area (Å²) in [7, 11) is 1.94. The maximum atomic E-state index is 13.6. The number of aromatic amines is 1. The number of imidazole rings is 1. The first-order chi connectivity index (χ1) is 16.5. The molecule has 1 N–H and O–H groups in total. The van der Waals surface area contributed by atoms with Crippen LogP contribution in [0.25, 0.3) is 21.1 Å². The standard InChI is InChI=1S/C27H30N4OS2/c1-4-18(2)15-31-17-21(34-27-28-22-10-6-7-11-23(22)29-27)14-24(31)26(32)30(3)16-20-13-19-9-5-8-12-25(19)33-20/h4-13,21,24H,14-17H2,1-3H3,(H,28,29)/b18-4+/t21-,24+/m1/s1. The van der Waals surface area contributed by atoms with E-state index in [1.165, 1.54) is 20.5 Å². The molecule has 2 aromatic heterocycles. The third-order valence-corrected chi connectivity index (χ3v) is 8.68. The first-order valence-corrected chi connectivity index (χ1v) is 13.4. The highest BCUT2D eigenvalue weighted by Crippen LogP contribution is 2.34. The summed E-state index contributed by atoms with van der Waals surface area (Å²) in [5.41, 5.74) is 3.33. The number of thioether (sulfide) groups is 1. The van der Waals surface area contributed by atoms with E-state index in [9.17, 15) is 4.79 Å². The van der Waals surface area contributed by atoms with E-state index in [1.54, 1.807) is 23.1 Å². The molecule has 1 fully saturated rings. The number of carbonyl (C=O) groups is 1. The number of hydrogen-bond donors (Lipinski definition) is 1. The summed E-state index contributed by atoms with van der Waals surface area (Å²) in [6, 6.07) is 18.6. The van der Waals surface area contributed by atoms with E-state index in [0.717, 1.165) is 35.7 Å². The molecular formula is C27H30N4OS2. The SMILES string of the molecule is C/C=C(\C)CN1C[C@H](Sc2nc3ccccc3[nH]2)C[C@H]1C(=O)N(C)Cc1cc2ccccc2s1. The summed E-state index contributed by atoms with van der Waals surface area (Å²) in [5, 5.41) is 2.49. The summed E-state index contributed by atoms with van der Waals surface area (Å²) in [6.45, 7) is 6.55. The Morgan fingerprint density at radius 2 is 2.06 bits per heavy atom. The molecule has 176 valence electrons. The van der Waals surface area contributed by atoms with Crippen LogP contribution < -0.4 is 0 Å². The second-order valence-corrected chi connectivity index (χ2v) is 11.5. The van der Waals surface area contributed by atoms with Crippen molar-refractivity contribution in [2.24, 2.45) is 0 Å². The van der Waals surface area contributed by atoms with Crippen molar-refractivity contribution in [1.82, 2.24) is 19.8 Å². The van der Waals surface area contributed by atoms with Gasteiger partial charge in [0.2, 0.25) is 5.91 Å². The number of aromatic nitrogens is 2. The quantitative estimate of drug-likeness (QED) is 0.326. The average molecular weight is 491 g/mol. The summed E-state index contributed by atoms with van der Waals surface area (Å²) in [4.78, 5) is 27.3. The summed E-state index contributed by atoms with van der Waals surface area (Å²) in [6.07, 6.45) is 2.97. The van der Waals surface area contributed by atoms with Crippen LogP contribution >= 0.6 is 23.1 Å². The molecular weight excluding hydrogens is 460 g/mol. The van der Waals surface area contributed by atoms with Crippen molar-refractivity contribution < 1.29 is 4.79 Å². The molecule has 4 aromatic rings. The number of carbonyl (C=O) groups excluding carboxylic acids is 1. The Morgan fingerprint density at radius 3 is 2.85 bits per heavy atom. The van der Waals surface area contributed by atoms with Crippen LogP contribution in [0.4, 0.5) is 0 Å². The minimum atomic E-state index is -0.115. The average Bonchev–Trinajstić information content (AvgIpc) is 3.54. The van der Waals surface area contributed by atoms with Gasteiger partial charge in [-0.3, -0.25) is 9.69 Å². The molecule has 0 radical (unpaired) electrons. The molecule has 0 bridgehead atoms. The van der Waals surface area contributed by atoms with Crippen molar-refractivity contribution in [2.75, 3.05) is 20.1 Å². The Morgan fingerprint density at radius 1 is 1.26 bits per heavy atom. The van der Waals surface area contributed by atoms with Crippen LogP contribution in [0, 0.1) is 0 Å². The van der Waals surface area contributed by atoms with Gasteiger partial charge in [-0.15, -0.1) is 11.3 Å². The van der Waals surface area contributed by atoms with E-state index in [4.69, 9.17) is 4.98 Å². The van der Waals surface area contributed by atoms with E-state index >= 15 is 0 Å².